The number of fused-ring (bicyclic) bond motifs is 2. The highest BCUT2D eigenvalue weighted by Gasteiger charge is 2.19. The van der Waals surface area contributed by atoms with Crippen LogP contribution in [0.25, 0.3) is 44.6 Å². The van der Waals surface area contributed by atoms with Gasteiger partial charge in [0.2, 0.25) is 0 Å². The van der Waals surface area contributed by atoms with E-state index >= 15 is 0 Å². The molecule has 1 N–H and O–H groups in total. The van der Waals surface area contributed by atoms with Crippen LogP contribution in [0.1, 0.15) is 18.9 Å². The first-order valence-electron chi connectivity index (χ1n) is 11.5. The van der Waals surface area contributed by atoms with Gasteiger partial charge in [-0.2, -0.15) is 0 Å². The van der Waals surface area contributed by atoms with Crippen LogP contribution in [0.5, 0.6) is 5.75 Å². The van der Waals surface area contributed by atoms with E-state index in [1.807, 2.05) is 12.1 Å². The van der Waals surface area contributed by atoms with Crippen molar-refractivity contribution in [2.75, 3.05) is 0 Å². The average Bonchev–Trinajstić information content (AvgIpc) is 3.48. The van der Waals surface area contributed by atoms with Gasteiger partial charge in [0.1, 0.15) is 33.4 Å². The molecule has 4 aromatic carbocycles. The number of phenols is 1. The van der Waals surface area contributed by atoms with Crippen molar-refractivity contribution in [3.8, 4) is 28.3 Å². The molecule has 6 aromatic rings. The number of halogens is 2. The fourth-order valence-electron chi connectivity index (χ4n) is 4.22. The van der Waals surface area contributed by atoms with Gasteiger partial charge in [0, 0.05) is 10.0 Å². The van der Waals surface area contributed by atoms with E-state index in [0.29, 0.717) is 43.5 Å². The average molecular weight is 515 g/mol. The van der Waals surface area contributed by atoms with Crippen molar-refractivity contribution in [3.05, 3.63) is 88.4 Å². The van der Waals surface area contributed by atoms with E-state index in [4.69, 9.17) is 23.2 Å². The van der Waals surface area contributed by atoms with E-state index in [0.717, 1.165) is 24.0 Å². The summed E-state index contributed by atoms with van der Waals surface area (Å²) >= 11 is 12.3. The van der Waals surface area contributed by atoms with Crippen LogP contribution in [-0.2, 0) is 6.42 Å². The van der Waals surface area contributed by atoms with Gasteiger partial charge in [-0.1, -0.05) is 60.8 Å². The molecule has 2 heterocycles. The molecular weight excluding hydrogens is 495 g/mol. The number of hydrogen-bond acceptors (Lipinski definition) is 5. The lowest BCUT2D eigenvalue weighted by molar-refractivity contribution is 0.460. The van der Waals surface area contributed by atoms with Gasteiger partial charge in [-0.05, 0) is 71.6 Å². The highest BCUT2D eigenvalue weighted by atomic mass is 35.5. The number of rotatable bonds is 5. The Morgan fingerprint density at radius 1 is 0.639 bits per heavy atom. The molecule has 0 unspecified atom stereocenters. The van der Waals surface area contributed by atoms with Gasteiger partial charge < -0.3 is 5.11 Å². The SMILES string of the molecule is CCCc1ccc(-c2cc(-n3nc4ccc(Cl)cc4n3)c(O)c(-n3nc4ccc(Cl)cc4n3)c2)cc1. The summed E-state index contributed by atoms with van der Waals surface area (Å²) in [6, 6.07) is 22.7. The zero-order valence-corrected chi connectivity index (χ0v) is 20.7. The summed E-state index contributed by atoms with van der Waals surface area (Å²) in [4.78, 5) is 2.82. The lowest BCUT2D eigenvalue weighted by Gasteiger charge is -2.12. The molecule has 0 aliphatic heterocycles. The lowest BCUT2D eigenvalue weighted by Crippen LogP contribution is -2.05. The summed E-state index contributed by atoms with van der Waals surface area (Å²) in [6.45, 7) is 2.16. The molecule has 0 aliphatic carbocycles. The minimum absolute atomic E-state index is 0.0563. The molecule has 0 saturated carbocycles. The molecule has 0 radical (unpaired) electrons. The topological polar surface area (TPSA) is 81.6 Å². The van der Waals surface area contributed by atoms with Crippen LogP contribution >= 0.6 is 23.2 Å². The van der Waals surface area contributed by atoms with E-state index < -0.39 is 0 Å². The summed E-state index contributed by atoms with van der Waals surface area (Å²) in [6.07, 6.45) is 2.10. The maximum Gasteiger partial charge on any atom is 0.171 e. The Labute approximate surface area is 216 Å². The van der Waals surface area contributed by atoms with E-state index in [1.54, 1.807) is 36.4 Å². The third-order valence-electron chi connectivity index (χ3n) is 6.01. The minimum Gasteiger partial charge on any atom is -0.504 e. The predicted molar refractivity (Wildman–Crippen MR) is 142 cm³/mol. The number of phenolic OH excluding ortho intramolecular Hbond substituents is 1. The fourth-order valence-corrected chi connectivity index (χ4v) is 4.55. The monoisotopic (exact) mass is 514 g/mol. The first-order valence-corrected chi connectivity index (χ1v) is 12.3. The standard InChI is InChI=1S/C27H20Cl2N6O/c1-2-3-16-4-6-17(7-5-16)18-12-25(34-30-21-10-8-19(28)14-23(21)32-34)27(36)26(13-18)35-31-22-11-9-20(29)15-24(22)33-35/h4-15,36H,2-3H2,1H3. The third kappa shape index (κ3) is 4.06. The Bertz CT molecular complexity index is 1640. The van der Waals surface area contributed by atoms with Crippen LogP contribution < -0.4 is 0 Å². The second-order valence-corrected chi connectivity index (χ2v) is 9.43. The number of hydrogen-bond donors (Lipinski definition) is 1. The van der Waals surface area contributed by atoms with Crippen molar-refractivity contribution in [1.29, 1.82) is 0 Å². The molecule has 36 heavy (non-hydrogen) atoms. The Kier molecular flexibility index (Phi) is 5.59. The molecule has 178 valence electrons. The number of benzene rings is 4. The van der Waals surface area contributed by atoms with Crippen LogP contribution in [-0.4, -0.2) is 35.1 Å². The molecule has 6 rings (SSSR count). The maximum absolute atomic E-state index is 11.4. The molecule has 9 heteroatoms. The van der Waals surface area contributed by atoms with Crippen molar-refractivity contribution >= 4 is 45.3 Å². The van der Waals surface area contributed by atoms with Crippen LogP contribution in [0, 0.1) is 0 Å². The molecule has 0 saturated heterocycles. The molecule has 2 aromatic heterocycles. The van der Waals surface area contributed by atoms with Crippen LogP contribution in [0.3, 0.4) is 0 Å². The zero-order chi connectivity index (χ0) is 24.8. The van der Waals surface area contributed by atoms with Gasteiger partial charge in [0.05, 0.1) is 0 Å². The van der Waals surface area contributed by atoms with Crippen molar-refractivity contribution in [2.24, 2.45) is 0 Å². The number of aromatic hydroxyl groups is 1. The van der Waals surface area contributed by atoms with Gasteiger partial charge in [0.15, 0.2) is 5.75 Å². The summed E-state index contributed by atoms with van der Waals surface area (Å²) in [5, 5.41) is 30.8. The normalized spacial score (nSPS) is 11.5. The molecule has 0 fully saturated rings. The first-order chi connectivity index (χ1) is 17.5. The van der Waals surface area contributed by atoms with Gasteiger partial charge in [-0.15, -0.1) is 30.0 Å². The Balaban J connectivity index is 1.56. The highest BCUT2D eigenvalue weighted by molar-refractivity contribution is 6.31. The number of aryl methyl sites for hydroxylation is 1. The van der Waals surface area contributed by atoms with E-state index in [-0.39, 0.29) is 5.75 Å². The minimum atomic E-state index is -0.0563. The van der Waals surface area contributed by atoms with Crippen molar-refractivity contribution in [2.45, 2.75) is 19.8 Å². The molecule has 0 aliphatic rings. The zero-order valence-electron chi connectivity index (χ0n) is 19.2. The molecule has 0 atom stereocenters. The predicted octanol–water partition coefficient (Wildman–Crippen LogP) is 6.79. The van der Waals surface area contributed by atoms with E-state index in [1.165, 1.54) is 15.2 Å². The summed E-state index contributed by atoms with van der Waals surface area (Å²) < 4.78 is 0. The molecule has 0 amide bonds. The quantitative estimate of drug-likeness (QED) is 0.274. The molecule has 0 bridgehead atoms. The van der Waals surface area contributed by atoms with Gasteiger partial charge in [-0.25, -0.2) is 0 Å². The molecule has 7 nitrogen and oxygen atoms in total. The fraction of sp³-hybridized carbons (Fsp3) is 0.111. The first kappa shape index (κ1) is 22.5. The van der Waals surface area contributed by atoms with E-state index in [9.17, 15) is 5.11 Å². The van der Waals surface area contributed by atoms with Crippen LogP contribution in [0.2, 0.25) is 10.0 Å². The van der Waals surface area contributed by atoms with Crippen molar-refractivity contribution in [3.63, 3.8) is 0 Å². The maximum atomic E-state index is 11.4. The van der Waals surface area contributed by atoms with Gasteiger partial charge in [-0.3, -0.25) is 0 Å². The van der Waals surface area contributed by atoms with Crippen LogP contribution in [0.15, 0.2) is 72.8 Å². The Morgan fingerprint density at radius 2 is 1.14 bits per heavy atom. The van der Waals surface area contributed by atoms with Crippen molar-refractivity contribution in [1.82, 2.24) is 30.0 Å². The lowest BCUT2D eigenvalue weighted by atomic mass is 10.0. The molecule has 0 spiro atoms. The molecular formula is C27H20Cl2N6O. The summed E-state index contributed by atoms with van der Waals surface area (Å²) in [5.74, 6) is -0.0563. The summed E-state index contributed by atoms with van der Waals surface area (Å²) in [7, 11) is 0. The largest absolute Gasteiger partial charge is 0.504 e. The Morgan fingerprint density at radius 3 is 1.64 bits per heavy atom. The second-order valence-electron chi connectivity index (χ2n) is 8.55. The van der Waals surface area contributed by atoms with E-state index in [2.05, 4.69) is 51.6 Å². The highest BCUT2D eigenvalue weighted by Crippen LogP contribution is 2.35. The Hall–Kier alpha value is -3.94. The van der Waals surface area contributed by atoms with Gasteiger partial charge in [0.25, 0.3) is 0 Å². The van der Waals surface area contributed by atoms with Crippen molar-refractivity contribution < 1.29 is 5.11 Å². The smallest absolute Gasteiger partial charge is 0.171 e. The van der Waals surface area contributed by atoms with Gasteiger partial charge >= 0.3 is 0 Å². The number of aromatic nitrogens is 6. The summed E-state index contributed by atoms with van der Waals surface area (Å²) in [5.41, 5.74) is 6.47. The number of nitrogens with zero attached hydrogens (tertiary/aromatic N) is 6. The van der Waals surface area contributed by atoms with Crippen LogP contribution in [0.4, 0.5) is 0 Å². The third-order valence-corrected chi connectivity index (χ3v) is 6.48. The second kappa shape index (κ2) is 8.93.